The molecule has 1 N–H and O–H groups in total. The second kappa shape index (κ2) is 6.23. The van der Waals surface area contributed by atoms with Crippen LogP contribution >= 0.6 is 0 Å². The Labute approximate surface area is 141 Å². The number of amides is 1. The Morgan fingerprint density at radius 2 is 2.20 bits per heavy atom. The molecule has 0 bridgehead atoms. The van der Waals surface area contributed by atoms with Crippen LogP contribution in [0.4, 0.5) is 5.69 Å². The molecule has 2 aromatic heterocycles. The van der Waals surface area contributed by atoms with Crippen molar-refractivity contribution in [2.45, 2.75) is 19.4 Å². The van der Waals surface area contributed by atoms with Crippen LogP contribution in [0.1, 0.15) is 28.2 Å². The average molecular weight is 339 g/mol. The molecular weight excluding hydrogens is 326 g/mol. The summed E-state index contributed by atoms with van der Waals surface area (Å²) in [6.07, 6.45) is 2.50. The number of carbonyl (C=O) groups excluding carboxylic acids is 2. The number of ether oxygens (including phenoxy) is 1. The van der Waals surface area contributed by atoms with Crippen LogP contribution in [0.25, 0.3) is 11.7 Å². The van der Waals surface area contributed by atoms with E-state index in [9.17, 15) is 9.59 Å². The number of nitrogens with zero attached hydrogens (tertiary/aromatic N) is 2. The zero-order chi connectivity index (χ0) is 17.2. The monoisotopic (exact) mass is 339 g/mol. The molecule has 0 radical (unpaired) electrons. The molecule has 0 aliphatic carbocycles. The molecule has 0 atom stereocenters. The molecule has 0 unspecified atom stereocenters. The molecule has 0 fully saturated rings. The van der Waals surface area contributed by atoms with Crippen molar-refractivity contribution in [3.63, 3.8) is 0 Å². The molecule has 1 aromatic carbocycles. The van der Waals surface area contributed by atoms with E-state index >= 15 is 0 Å². The van der Waals surface area contributed by atoms with Crippen LogP contribution in [-0.2, 0) is 22.6 Å². The zero-order valence-electron chi connectivity index (χ0n) is 13.0. The Morgan fingerprint density at radius 1 is 1.28 bits per heavy atom. The number of hydrogen-bond donors (Lipinski definition) is 1. The zero-order valence-corrected chi connectivity index (χ0v) is 13.0. The lowest BCUT2D eigenvalue weighted by Gasteiger charge is -2.17. The van der Waals surface area contributed by atoms with Crippen molar-refractivity contribution in [3.05, 3.63) is 53.5 Å². The molecule has 3 aromatic rings. The highest BCUT2D eigenvalue weighted by Crippen LogP contribution is 2.24. The van der Waals surface area contributed by atoms with E-state index in [1.807, 2.05) is 0 Å². The molecule has 4 rings (SSSR count). The molecule has 8 heteroatoms. The van der Waals surface area contributed by atoms with E-state index in [-0.39, 0.29) is 24.2 Å². The molecule has 8 nitrogen and oxygen atoms in total. The summed E-state index contributed by atoms with van der Waals surface area (Å²) in [5, 5.41) is 6.51. The highest BCUT2D eigenvalue weighted by atomic mass is 16.5. The second-order valence-electron chi connectivity index (χ2n) is 5.49. The Balaban J connectivity index is 1.42. The van der Waals surface area contributed by atoms with Gasteiger partial charge >= 0.3 is 5.97 Å². The van der Waals surface area contributed by atoms with Crippen LogP contribution in [0.15, 0.2) is 45.5 Å². The van der Waals surface area contributed by atoms with Gasteiger partial charge in [-0.1, -0.05) is 5.16 Å². The number of furan rings is 1. The first-order valence-electron chi connectivity index (χ1n) is 7.65. The van der Waals surface area contributed by atoms with Gasteiger partial charge in [-0.2, -0.15) is 4.98 Å². The van der Waals surface area contributed by atoms with Crippen LogP contribution in [0, 0.1) is 0 Å². The number of benzene rings is 1. The van der Waals surface area contributed by atoms with E-state index in [0.717, 1.165) is 11.3 Å². The van der Waals surface area contributed by atoms with Gasteiger partial charge < -0.3 is 19.0 Å². The molecule has 1 aliphatic heterocycles. The van der Waals surface area contributed by atoms with Crippen LogP contribution in [0.5, 0.6) is 0 Å². The lowest BCUT2D eigenvalue weighted by atomic mass is 10.0. The van der Waals surface area contributed by atoms with Gasteiger partial charge in [0.15, 0.2) is 12.4 Å². The summed E-state index contributed by atoms with van der Waals surface area (Å²) < 4.78 is 15.4. The van der Waals surface area contributed by atoms with Gasteiger partial charge in [-0.15, -0.1) is 0 Å². The molecule has 3 heterocycles. The number of hydrogen-bond acceptors (Lipinski definition) is 7. The van der Waals surface area contributed by atoms with E-state index < -0.39 is 5.97 Å². The lowest BCUT2D eigenvalue weighted by molar-refractivity contribution is -0.116. The first-order chi connectivity index (χ1) is 12.2. The van der Waals surface area contributed by atoms with Crippen molar-refractivity contribution < 1.29 is 23.3 Å². The van der Waals surface area contributed by atoms with Gasteiger partial charge in [-0.25, -0.2) is 4.79 Å². The highest BCUT2D eigenvalue weighted by Gasteiger charge is 2.18. The second-order valence-corrected chi connectivity index (χ2v) is 5.49. The smallest absolute Gasteiger partial charge is 0.338 e. The molecule has 25 heavy (non-hydrogen) atoms. The summed E-state index contributed by atoms with van der Waals surface area (Å²) >= 11 is 0. The summed E-state index contributed by atoms with van der Waals surface area (Å²) in [4.78, 5) is 27.6. The molecule has 0 spiro atoms. The first-order valence-corrected chi connectivity index (χ1v) is 7.65. The van der Waals surface area contributed by atoms with E-state index in [1.165, 1.54) is 6.26 Å². The maximum Gasteiger partial charge on any atom is 0.338 e. The van der Waals surface area contributed by atoms with Gasteiger partial charge in [-0.05, 0) is 42.3 Å². The van der Waals surface area contributed by atoms with Crippen molar-refractivity contribution >= 4 is 17.6 Å². The fourth-order valence-electron chi connectivity index (χ4n) is 2.54. The maximum atomic E-state index is 12.2. The highest BCUT2D eigenvalue weighted by molar-refractivity contribution is 5.96. The summed E-state index contributed by atoms with van der Waals surface area (Å²) in [6, 6.07) is 8.43. The predicted molar refractivity (Wildman–Crippen MR) is 84.5 cm³/mol. The standard InChI is InChI=1S/C17H13N3O5/c21-15-6-4-10-8-11(3-5-12(10)18-15)17(22)24-9-14-19-16(25-20-14)13-2-1-7-23-13/h1-3,5,7-8H,4,6,9H2,(H,18,21). The maximum absolute atomic E-state index is 12.2. The summed E-state index contributed by atoms with van der Waals surface area (Å²) in [6.45, 7) is -0.114. The summed E-state index contributed by atoms with van der Waals surface area (Å²) in [5.41, 5.74) is 2.05. The number of nitrogens with one attached hydrogen (secondary N) is 1. The summed E-state index contributed by atoms with van der Waals surface area (Å²) in [5.74, 6) is 0.392. The SMILES string of the molecule is O=C1CCc2cc(C(=O)OCc3noc(-c4ccco4)n3)ccc2N1. The number of carbonyl (C=O) groups is 2. The Kier molecular flexibility index (Phi) is 3.77. The lowest BCUT2D eigenvalue weighted by Crippen LogP contribution is -2.19. The number of fused-ring (bicyclic) bond motifs is 1. The molecule has 0 saturated carbocycles. The van der Waals surface area contributed by atoms with Crippen molar-refractivity contribution in [2.75, 3.05) is 5.32 Å². The van der Waals surface area contributed by atoms with Crippen LogP contribution in [0.3, 0.4) is 0 Å². The fourth-order valence-corrected chi connectivity index (χ4v) is 2.54. The normalized spacial score (nSPS) is 13.2. The number of aryl methyl sites for hydroxylation is 1. The minimum absolute atomic E-state index is 0.0210. The van der Waals surface area contributed by atoms with Gasteiger partial charge in [0.25, 0.3) is 5.89 Å². The molecule has 126 valence electrons. The van der Waals surface area contributed by atoms with Crippen molar-refractivity contribution in [3.8, 4) is 11.7 Å². The van der Waals surface area contributed by atoms with E-state index in [4.69, 9.17) is 13.7 Å². The van der Waals surface area contributed by atoms with E-state index in [0.29, 0.717) is 24.2 Å². The van der Waals surface area contributed by atoms with Crippen LogP contribution in [0.2, 0.25) is 0 Å². The molecular formula is C17H13N3O5. The van der Waals surface area contributed by atoms with Crippen molar-refractivity contribution in [1.82, 2.24) is 10.1 Å². The van der Waals surface area contributed by atoms with Crippen molar-refractivity contribution in [2.24, 2.45) is 0 Å². The third kappa shape index (κ3) is 3.14. The third-order valence-electron chi connectivity index (χ3n) is 3.77. The Bertz CT molecular complexity index is 930. The molecule has 0 saturated heterocycles. The quantitative estimate of drug-likeness (QED) is 0.728. The third-order valence-corrected chi connectivity index (χ3v) is 3.77. The Hall–Kier alpha value is -3.42. The van der Waals surface area contributed by atoms with Gasteiger partial charge in [0.05, 0.1) is 11.8 Å². The van der Waals surface area contributed by atoms with Gasteiger partial charge in [0.2, 0.25) is 11.7 Å². The molecule has 1 amide bonds. The first kappa shape index (κ1) is 15.1. The number of esters is 1. The topological polar surface area (TPSA) is 107 Å². The average Bonchev–Trinajstić information content (AvgIpc) is 3.30. The largest absolute Gasteiger partial charge is 0.459 e. The number of anilines is 1. The predicted octanol–water partition coefficient (Wildman–Crippen LogP) is 2.57. The fraction of sp³-hybridized carbons (Fsp3) is 0.176. The van der Waals surface area contributed by atoms with Crippen LogP contribution in [-0.4, -0.2) is 22.0 Å². The van der Waals surface area contributed by atoms with Gasteiger partial charge in [-0.3, -0.25) is 4.79 Å². The summed E-state index contributed by atoms with van der Waals surface area (Å²) in [7, 11) is 0. The minimum Gasteiger partial charge on any atom is -0.459 e. The van der Waals surface area contributed by atoms with Gasteiger partial charge in [0, 0.05) is 12.1 Å². The number of aromatic nitrogens is 2. The van der Waals surface area contributed by atoms with Crippen LogP contribution < -0.4 is 5.32 Å². The van der Waals surface area contributed by atoms with Crippen molar-refractivity contribution in [1.29, 1.82) is 0 Å². The minimum atomic E-state index is -0.496. The van der Waals surface area contributed by atoms with E-state index in [2.05, 4.69) is 15.5 Å². The van der Waals surface area contributed by atoms with E-state index in [1.54, 1.807) is 30.3 Å². The molecule has 1 aliphatic rings. The Morgan fingerprint density at radius 3 is 3.04 bits per heavy atom. The number of rotatable bonds is 4. The van der Waals surface area contributed by atoms with Gasteiger partial charge in [0.1, 0.15) is 0 Å².